The van der Waals surface area contributed by atoms with Crippen LogP contribution in [0.2, 0.25) is 0 Å². The number of phenols is 1. The molecule has 0 fully saturated rings. The summed E-state index contributed by atoms with van der Waals surface area (Å²) >= 11 is 0. The number of aryl methyl sites for hydroxylation is 1. The van der Waals surface area contributed by atoms with Crippen molar-refractivity contribution in [1.82, 2.24) is 19.9 Å². The zero-order valence-electron chi connectivity index (χ0n) is 17.7. The minimum atomic E-state index is -0.285. The Morgan fingerprint density at radius 2 is 1.94 bits per heavy atom. The molecule has 3 heterocycles. The third-order valence-corrected chi connectivity index (χ3v) is 5.18. The average Bonchev–Trinajstić information content (AvgIpc) is 3.30. The molecule has 1 amide bonds. The predicted octanol–water partition coefficient (Wildman–Crippen LogP) is 5.03. The fraction of sp³-hybridized carbons (Fsp3) is 0.0400. The summed E-state index contributed by atoms with van der Waals surface area (Å²) < 4.78 is 0. The largest absolute Gasteiger partial charge is 0.508 e. The maximum atomic E-state index is 12.8. The van der Waals surface area contributed by atoms with Crippen LogP contribution in [0.15, 0.2) is 79.3 Å². The molecule has 5 aromatic rings. The van der Waals surface area contributed by atoms with Gasteiger partial charge in [0.15, 0.2) is 11.6 Å². The molecule has 0 aliphatic rings. The number of carbonyl (C=O) groups is 1. The molecule has 33 heavy (non-hydrogen) atoms. The van der Waals surface area contributed by atoms with Crippen LogP contribution in [0.5, 0.6) is 5.75 Å². The van der Waals surface area contributed by atoms with Crippen LogP contribution in [0.25, 0.3) is 22.4 Å². The number of nitrogens with zero attached hydrogens (tertiary/aromatic N) is 3. The van der Waals surface area contributed by atoms with Gasteiger partial charge in [-0.25, -0.2) is 9.97 Å². The van der Waals surface area contributed by atoms with E-state index in [4.69, 9.17) is 4.98 Å². The van der Waals surface area contributed by atoms with E-state index in [2.05, 4.69) is 25.6 Å². The number of aromatic nitrogens is 4. The number of carbonyl (C=O) groups excluding carboxylic acids is 1. The molecule has 8 heteroatoms. The third-order valence-electron chi connectivity index (χ3n) is 5.18. The highest BCUT2D eigenvalue weighted by Crippen LogP contribution is 2.28. The number of aromatic hydroxyl groups is 1. The van der Waals surface area contributed by atoms with Gasteiger partial charge in [0.25, 0.3) is 5.91 Å². The van der Waals surface area contributed by atoms with Gasteiger partial charge in [-0.05, 0) is 55.0 Å². The van der Waals surface area contributed by atoms with E-state index in [1.165, 1.54) is 6.07 Å². The number of nitrogens with one attached hydrogen (secondary N) is 3. The number of H-pyrrole nitrogens is 1. The number of amides is 1. The van der Waals surface area contributed by atoms with Crippen molar-refractivity contribution in [1.29, 1.82) is 0 Å². The molecule has 3 aromatic heterocycles. The first-order valence-electron chi connectivity index (χ1n) is 10.3. The summed E-state index contributed by atoms with van der Waals surface area (Å²) in [6, 6.07) is 17.5. The molecule has 0 atom stereocenters. The van der Waals surface area contributed by atoms with Gasteiger partial charge in [0.2, 0.25) is 0 Å². The molecule has 0 saturated heterocycles. The highest BCUT2D eigenvalue weighted by atomic mass is 16.3. The fourth-order valence-electron chi connectivity index (χ4n) is 3.47. The summed E-state index contributed by atoms with van der Waals surface area (Å²) in [6.45, 7) is 1.95. The molecule has 0 aliphatic carbocycles. The molecule has 0 spiro atoms. The van der Waals surface area contributed by atoms with Crippen molar-refractivity contribution in [3.63, 3.8) is 0 Å². The second-order valence-corrected chi connectivity index (χ2v) is 7.53. The van der Waals surface area contributed by atoms with Crippen LogP contribution in [0, 0.1) is 6.92 Å². The fourth-order valence-corrected chi connectivity index (χ4v) is 3.47. The number of rotatable bonds is 5. The first-order valence-corrected chi connectivity index (χ1v) is 10.3. The SMILES string of the molecule is Cc1ccc(C(=O)Nc2cccc(O)c2)cc1Nc1nc(-c2cccnc2)nc2cc[nH]c12. The monoisotopic (exact) mass is 436 g/mol. The van der Waals surface area contributed by atoms with E-state index in [9.17, 15) is 9.90 Å². The number of hydrogen-bond acceptors (Lipinski definition) is 6. The first-order chi connectivity index (χ1) is 16.1. The minimum Gasteiger partial charge on any atom is -0.508 e. The van der Waals surface area contributed by atoms with E-state index in [0.717, 1.165) is 27.8 Å². The summed E-state index contributed by atoms with van der Waals surface area (Å²) in [5.74, 6) is 0.945. The number of benzene rings is 2. The number of pyridine rings is 1. The van der Waals surface area contributed by atoms with Crippen LogP contribution in [-0.2, 0) is 0 Å². The second-order valence-electron chi connectivity index (χ2n) is 7.53. The summed E-state index contributed by atoms with van der Waals surface area (Å²) in [5, 5.41) is 15.8. The second kappa shape index (κ2) is 8.43. The van der Waals surface area contributed by atoms with E-state index in [0.29, 0.717) is 22.9 Å². The van der Waals surface area contributed by atoms with Crippen molar-refractivity contribution in [3.8, 4) is 17.1 Å². The molecule has 0 bridgehead atoms. The number of aromatic amines is 1. The van der Waals surface area contributed by atoms with Gasteiger partial charge in [-0.2, -0.15) is 0 Å². The standard InChI is InChI=1S/C25H20N6O2/c1-15-7-8-16(25(33)28-18-5-2-6-19(32)13-18)12-21(15)30-24-22-20(9-11-27-22)29-23(31-24)17-4-3-10-26-14-17/h2-14,27,32H,1H3,(H,28,33)(H,29,30,31). The molecule has 2 aromatic carbocycles. The summed E-state index contributed by atoms with van der Waals surface area (Å²) in [4.78, 5) is 29.5. The molecule has 8 nitrogen and oxygen atoms in total. The van der Waals surface area contributed by atoms with Gasteiger partial charge in [0, 0.05) is 47.2 Å². The van der Waals surface area contributed by atoms with Crippen molar-refractivity contribution >= 4 is 34.1 Å². The lowest BCUT2D eigenvalue weighted by Gasteiger charge is -2.13. The topological polar surface area (TPSA) is 116 Å². The molecule has 0 aliphatic heterocycles. The Bertz CT molecular complexity index is 1460. The van der Waals surface area contributed by atoms with Crippen LogP contribution in [0.1, 0.15) is 15.9 Å². The Kier molecular flexibility index (Phi) is 5.16. The van der Waals surface area contributed by atoms with E-state index >= 15 is 0 Å². The zero-order valence-corrected chi connectivity index (χ0v) is 17.7. The lowest BCUT2D eigenvalue weighted by molar-refractivity contribution is 0.102. The third kappa shape index (κ3) is 4.22. The average molecular weight is 436 g/mol. The van der Waals surface area contributed by atoms with Crippen molar-refractivity contribution in [2.45, 2.75) is 6.92 Å². The van der Waals surface area contributed by atoms with Crippen LogP contribution < -0.4 is 10.6 Å². The normalized spacial score (nSPS) is 10.8. The smallest absolute Gasteiger partial charge is 0.255 e. The van der Waals surface area contributed by atoms with Gasteiger partial charge < -0.3 is 20.7 Å². The summed E-state index contributed by atoms with van der Waals surface area (Å²) in [6.07, 6.45) is 5.23. The predicted molar refractivity (Wildman–Crippen MR) is 128 cm³/mol. The van der Waals surface area contributed by atoms with Gasteiger partial charge in [-0.1, -0.05) is 12.1 Å². The number of phenolic OH excluding ortho intramolecular Hbond substituents is 1. The molecule has 0 unspecified atom stereocenters. The Hall–Kier alpha value is -4.72. The molecular weight excluding hydrogens is 416 g/mol. The Labute approximate surface area is 189 Å². The van der Waals surface area contributed by atoms with Gasteiger partial charge in [-0.3, -0.25) is 9.78 Å². The Morgan fingerprint density at radius 3 is 2.76 bits per heavy atom. The quantitative estimate of drug-likeness (QED) is 0.307. The van der Waals surface area contributed by atoms with Crippen molar-refractivity contribution in [3.05, 3.63) is 90.4 Å². The zero-order chi connectivity index (χ0) is 22.8. The van der Waals surface area contributed by atoms with E-state index in [1.807, 2.05) is 37.4 Å². The molecular formula is C25H20N6O2. The first kappa shape index (κ1) is 20.2. The lowest BCUT2D eigenvalue weighted by atomic mass is 10.1. The number of anilines is 3. The van der Waals surface area contributed by atoms with Crippen molar-refractivity contribution in [2.75, 3.05) is 10.6 Å². The molecule has 5 rings (SSSR count). The molecule has 0 saturated carbocycles. The molecule has 0 radical (unpaired) electrons. The van der Waals surface area contributed by atoms with Gasteiger partial charge in [0.05, 0.1) is 5.52 Å². The highest BCUT2D eigenvalue weighted by molar-refractivity contribution is 6.05. The lowest BCUT2D eigenvalue weighted by Crippen LogP contribution is -2.12. The van der Waals surface area contributed by atoms with Crippen LogP contribution in [0.3, 0.4) is 0 Å². The van der Waals surface area contributed by atoms with Gasteiger partial charge in [0.1, 0.15) is 11.3 Å². The van der Waals surface area contributed by atoms with Crippen LogP contribution in [0.4, 0.5) is 17.2 Å². The highest BCUT2D eigenvalue weighted by Gasteiger charge is 2.14. The van der Waals surface area contributed by atoms with E-state index < -0.39 is 0 Å². The van der Waals surface area contributed by atoms with Crippen molar-refractivity contribution in [2.24, 2.45) is 0 Å². The van der Waals surface area contributed by atoms with Crippen molar-refractivity contribution < 1.29 is 9.90 Å². The number of fused-ring (bicyclic) bond motifs is 1. The maximum absolute atomic E-state index is 12.8. The van der Waals surface area contributed by atoms with Crippen LogP contribution in [-0.4, -0.2) is 30.9 Å². The Balaban J connectivity index is 1.48. The maximum Gasteiger partial charge on any atom is 0.255 e. The van der Waals surface area contributed by atoms with Gasteiger partial charge >= 0.3 is 0 Å². The van der Waals surface area contributed by atoms with Crippen LogP contribution >= 0.6 is 0 Å². The molecule has 4 N–H and O–H groups in total. The Morgan fingerprint density at radius 1 is 1.03 bits per heavy atom. The van der Waals surface area contributed by atoms with Gasteiger partial charge in [-0.15, -0.1) is 0 Å². The molecule has 162 valence electrons. The minimum absolute atomic E-state index is 0.0854. The summed E-state index contributed by atoms with van der Waals surface area (Å²) in [7, 11) is 0. The van der Waals surface area contributed by atoms with E-state index in [-0.39, 0.29) is 11.7 Å². The number of hydrogen-bond donors (Lipinski definition) is 4. The van der Waals surface area contributed by atoms with E-state index in [1.54, 1.807) is 42.7 Å². The summed E-state index contributed by atoms with van der Waals surface area (Å²) in [5.41, 5.74) is 5.00.